The Kier molecular flexibility index (Phi) is 9.14. The number of amides is 1. The van der Waals surface area contributed by atoms with Crippen LogP contribution in [0.1, 0.15) is 12.0 Å². The first kappa shape index (κ1) is 23.9. The molecule has 0 saturated heterocycles. The van der Waals surface area contributed by atoms with Crippen LogP contribution in [0.2, 0.25) is 10.0 Å². The van der Waals surface area contributed by atoms with Gasteiger partial charge in [-0.3, -0.25) is 4.79 Å². The monoisotopic (exact) mass is 475 g/mol. The van der Waals surface area contributed by atoms with Crippen LogP contribution in [-0.4, -0.2) is 51.4 Å². The van der Waals surface area contributed by atoms with Crippen molar-refractivity contribution in [2.45, 2.75) is 17.1 Å². The molecule has 0 atom stereocenters. The lowest BCUT2D eigenvalue weighted by atomic mass is 10.2. The van der Waals surface area contributed by atoms with Crippen LogP contribution in [0.3, 0.4) is 0 Å². The van der Waals surface area contributed by atoms with Gasteiger partial charge in [-0.25, -0.2) is 8.42 Å². The number of ether oxygens (including phenoxy) is 1. The van der Waals surface area contributed by atoms with Crippen LogP contribution in [0.5, 0.6) is 5.75 Å². The molecule has 158 valence electrons. The van der Waals surface area contributed by atoms with E-state index in [0.717, 1.165) is 11.8 Å². The van der Waals surface area contributed by atoms with Crippen molar-refractivity contribution in [1.82, 2.24) is 4.90 Å². The second-order valence-electron chi connectivity index (χ2n) is 6.49. The van der Waals surface area contributed by atoms with Gasteiger partial charge < -0.3 is 9.64 Å². The number of halogens is 2. The molecule has 0 spiro atoms. The highest BCUT2D eigenvalue weighted by Gasteiger charge is 2.11. The Hall–Kier alpha value is -1.41. The Balaban J connectivity index is 1.69. The van der Waals surface area contributed by atoms with E-state index in [0.29, 0.717) is 46.9 Å². The van der Waals surface area contributed by atoms with E-state index in [1.165, 1.54) is 23.9 Å². The van der Waals surface area contributed by atoms with E-state index in [1.54, 1.807) is 36.2 Å². The normalized spacial score (nSPS) is 11.3. The lowest BCUT2D eigenvalue weighted by Gasteiger charge is -2.17. The Morgan fingerprint density at radius 1 is 1.17 bits per heavy atom. The van der Waals surface area contributed by atoms with Gasteiger partial charge in [0, 0.05) is 35.6 Å². The standard InChI is InChI=1S/C20H23Cl2NO4S2/c1-23(20(24)14-28-13-15-7-8-16(21)11-19(15)22)9-4-10-27-17-5-3-6-18(12-17)29(2,25)26/h3,5-8,11-12H,4,9-10,13-14H2,1-2H3. The van der Waals surface area contributed by atoms with Crippen LogP contribution in [-0.2, 0) is 20.4 Å². The van der Waals surface area contributed by atoms with Crippen molar-refractivity contribution in [1.29, 1.82) is 0 Å². The molecular weight excluding hydrogens is 453 g/mol. The summed E-state index contributed by atoms with van der Waals surface area (Å²) in [5.41, 5.74) is 0.946. The van der Waals surface area contributed by atoms with Crippen molar-refractivity contribution in [2.24, 2.45) is 0 Å². The summed E-state index contributed by atoms with van der Waals surface area (Å²) in [6.07, 6.45) is 1.80. The predicted molar refractivity (Wildman–Crippen MR) is 120 cm³/mol. The fourth-order valence-corrected chi connectivity index (χ4v) is 4.59. The summed E-state index contributed by atoms with van der Waals surface area (Å²) < 4.78 is 28.8. The molecule has 0 aliphatic heterocycles. The molecule has 0 aromatic heterocycles. The van der Waals surface area contributed by atoms with E-state index in [4.69, 9.17) is 27.9 Å². The van der Waals surface area contributed by atoms with Gasteiger partial charge in [-0.1, -0.05) is 35.3 Å². The Morgan fingerprint density at radius 2 is 1.93 bits per heavy atom. The Labute approximate surface area is 186 Å². The quantitative estimate of drug-likeness (QED) is 0.471. The van der Waals surface area contributed by atoms with Crippen molar-refractivity contribution >= 4 is 50.7 Å². The smallest absolute Gasteiger partial charge is 0.232 e. The molecule has 0 radical (unpaired) electrons. The number of carbonyl (C=O) groups excluding carboxylic acids is 1. The number of nitrogens with zero attached hydrogens (tertiary/aromatic N) is 1. The van der Waals surface area contributed by atoms with E-state index in [1.807, 2.05) is 6.07 Å². The first-order valence-corrected chi connectivity index (χ1v) is 12.7. The molecule has 2 aromatic carbocycles. The highest BCUT2D eigenvalue weighted by atomic mass is 35.5. The van der Waals surface area contributed by atoms with E-state index >= 15 is 0 Å². The summed E-state index contributed by atoms with van der Waals surface area (Å²) in [6.45, 7) is 0.936. The second-order valence-corrected chi connectivity index (χ2v) is 10.3. The summed E-state index contributed by atoms with van der Waals surface area (Å²) in [4.78, 5) is 14.1. The minimum Gasteiger partial charge on any atom is -0.493 e. The van der Waals surface area contributed by atoms with Crippen molar-refractivity contribution in [3.05, 3.63) is 58.1 Å². The molecular formula is C20H23Cl2NO4S2. The molecule has 1 amide bonds. The summed E-state index contributed by atoms with van der Waals surface area (Å²) in [7, 11) is -1.51. The molecule has 0 aliphatic rings. The van der Waals surface area contributed by atoms with Crippen LogP contribution in [0.4, 0.5) is 0 Å². The first-order valence-electron chi connectivity index (χ1n) is 8.85. The van der Waals surface area contributed by atoms with Crippen molar-refractivity contribution in [3.63, 3.8) is 0 Å². The molecule has 0 N–H and O–H groups in total. The lowest BCUT2D eigenvalue weighted by Crippen LogP contribution is -2.30. The lowest BCUT2D eigenvalue weighted by molar-refractivity contribution is -0.127. The van der Waals surface area contributed by atoms with E-state index in [9.17, 15) is 13.2 Å². The maximum absolute atomic E-state index is 12.2. The van der Waals surface area contributed by atoms with Gasteiger partial charge in [0.25, 0.3) is 0 Å². The second kappa shape index (κ2) is 11.1. The van der Waals surface area contributed by atoms with Gasteiger partial charge in [-0.2, -0.15) is 0 Å². The maximum Gasteiger partial charge on any atom is 0.232 e. The molecule has 0 aliphatic carbocycles. The molecule has 2 rings (SSSR count). The third kappa shape index (κ3) is 8.09. The molecule has 5 nitrogen and oxygen atoms in total. The van der Waals surface area contributed by atoms with E-state index < -0.39 is 9.84 Å². The summed E-state index contributed by atoms with van der Waals surface area (Å²) >= 11 is 13.5. The Bertz CT molecular complexity index is 951. The topological polar surface area (TPSA) is 63.7 Å². The number of hydrogen-bond donors (Lipinski definition) is 0. The van der Waals surface area contributed by atoms with Gasteiger partial charge in [0.05, 0.1) is 17.3 Å². The average Bonchev–Trinajstić information content (AvgIpc) is 2.66. The summed E-state index contributed by atoms with van der Waals surface area (Å²) in [6, 6.07) is 11.7. The van der Waals surface area contributed by atoms with Gasteiger partial charge in [-0.05, 0) is 42.3 Å². The first-order chi connectivity index (χ1) is 13.7. The highest BCUT2D eigenvalue weighted by Crippen LogP contribution is 2.24. The molecule has 2 aromatic rings. The average molecular weight is 476 g/mol. The van der Waals surface area contributed by atoms with Gasteiger partial charge in [0.1, 0.15) is 5.75 Å². The van der Waals surface area contributed by atoms with Gasteiger partial charge in [0.15, 0.2) is 9.84 Å². The SMILES string of the molecule is CN(CCCOc1cccc(S(C)(=O)=O)c1)C(=O)CSCc1ccc(Cl)cc1Cl. The molecule has 0 bridgehead atoms. The van der Waals surface area contributed by atoms with Crippen LogP contribution in [0.25, 0.3) is 0 Å². The van der Waals surface area contributed by atoms with Crippen LogP contribution in [0.15, 0.2) is 47.4 Å². The molecule has 29 heavy (non-hydrogen) atoms. The zero-order chi connectivity index (χ0) is 21.4. The highest BCUT2D eigenvalue weighted by molar-refractivity contribution is 7.99. The number of sulfone groups is 1. The third-order valence-electron chi connectivity index (χ3n) is 4.06. The fourth-order valence-electron chi connectivity index (χ4n) is 2.41. The minimum absolute atomic E-state index is 0.0270. The molecule has 0 saturated carbocycles. The van der Waals surface area contributed by atoms with Gasteiger partial charge in [0.2, 0.25) is 5.91 Å². The number of hydrogen-bond acceptors (Lipinski definition) is 5. The predicted octanol–water partition coefficient (Wildman–Crippen LogP) is 4.56. The van der Waals surface area contributed by atoms with Crippen LogP contribution >= 0.6 is 35.0 Å². The minimum atomic E-state index is -3.26. The summed E-state index contributed by atoms with van der Waals surface area (Å²) in [5, 5.41) is 1.19. The largest absolute Gasteiger partial charge is 0.493 e. The number of benzene rings is 2. The summed E-state index contributed by atoms with van der Waals surface area (Å²) in [5.74, 6) is 1.51. The van der Waals surface area contributed by atoms with Crippen molar-refractivity contribution < 1.29 is 17.9 Å². The van der Waals surface area contributed by atoms with Crippen LogP contribution < -0.4 is 4.74 Å². The molecule has 0 heterocycles. The van der Waals surface area contributed by atoms with E-state index in [-0.39, 0.29) is 10.8 Å². The third-order valence-corrected chi connectivity index (χ3v) is 6.73. The Morgan fingerprint density at radius 3 is 2.62 bits per heavy atom. The van der Waals surface area contributed by atoms with Crippen molar-refractivity contribution in [2.75, 3.05) is 32.2 Å². The maximum atomic E-state index is 12.2. The molecule has 0 unspecified atom stereocenters. The number of carbonyl (C=O) groups is 1. The zero-order valence-electron chi connectivity index (χ0n) is 16.2. The van der Waals surface area contributed by atoms with Crippen LogP contribution in [0, 0.1) is 0 Å². The zero-order valence-corrected chi connectivity index (χ0v) is 19.4. The molecule has 9 heteroatoms. The number of rotatable bonds is 10. The molecule has 0 fully saturated rings. The van der Waals surface area contributed by atoms with Crippen molar-refractivity contribution in [3.8, 4) is 5.75 Å². The fraction of sp³-hybridized carbons (Fsp3) is 0.350. The van der Waals surface area contributed by atoms with Gasteiger partial charge in [-0.15, -0.1) is 11.8 Å². The van der Waals surface area contributed by atoms with E-state index in [2.05, 4.69) is 0 Å². The van der Waals surface area contributed by atoms with Gasteiger partial charge >= 0.3 is 0 Å². The number of thioether (sulfide) groups is 1.